The fraction of sp³-hybridized carbons (Fsp3) is 0.467. The van der Waals surface area contributed by atoms with Crippen molar-refractivity contribution in [3.05, 3.63) is 24.3 Å². The molecule has 2 amide bonds. The molecule has 116 valence electrons. The van der Waals surface area contributed by atoms with Gasteiger partial charge in [-0.2, -0.15) is 0 Å². The summed E-state index contributed by atoms with van der Waals surface area (Å²) in [6, 6.07) is 6.87. The largest absolute Gasteiger partial charge is 0.493 e. The first kappa shape index (κ1) is 17.0. The molecule has 1 unspecified atom stereocenters. The van der Waals surface area contributed by atoms with E-state index in [1.807, 2.05) is 6.92 Å². The molecule has 1 aromatic rings. The van der Waals surface area contributed by atoms with Gasteiger partial charge in [0.25, 0.3) is 0 Å². The predicted octanol–water partition coefficient (Wildman–Crippen LogP) is 1.40. The van der Waals surface area contributed by atoms with Crippen molar-refractivity contribution >= 4 is 17.5 Å². The predicted molar refractivity (Wildman–Crippen MR) is 81.9 cm³/mol. The minimum Gasteiger partial charge on any atom is -0.493 e. The molecule has 0 radical (unpaired) electrons. The molecule has 1 rings (SSSR count). The Hall–Kier alpha value is -2.08. The Morgan fingerprint density at radius 3 is 2.43 bits per heavy atom. The molecular formula is C15H23N3O3. The first-order valence-electron chi connectivity index (χ1n) is 6.96. The lowest BCUT2D eigenvalue weighted by atomic mass is 9.96. The number of nitrogens with one attached hydrogen (secondary N) is 1. The van der Waals surface area contributed by atoms with Crippen molar-refractivity contribution in [1.82, 2.24) is 0 Å². The lowest BCUT2D eigenvalue weighted by Gasteiger charge is -2.22. The monoisotopic (exact) mass is 293 g/mol. The van der Waals surface area contributed by atoms with Gasteiger partial charge in [0.2, 0.25) is 11.8 Å². The molecule has 21 heavy (non-hydrogen) atoms. The third kappa shape index (κ3) is 5.83. The van der Waals surface area contributed by atoms with E-state index in [-0.39, 0.29) is 18.9 Å². The van der Waals surface area contributed by atoms with E-state index in [1.165, 1.54) is 0 Å². The SMILES string of the molecule is CCCC(C)(N)C(=O)Nc1ccc(OCCC(N)=O)cc1. The number of primary amides is 1. The highest BCUT2D eigenvalue weighted by Crippen LogP contribution is 2.18. The fourth-order valence-electron chi connectivity index (χ4n) is 1.81. The number of ether oxygens (including phenoxy) is 1. The maximum atomic E-state index is 12.0. The van der Waals surface area contributed by atoms with E-state index >= 15 is 0 Å². The smallest absolute Gasteiger partial charge is 0.244 e. The molecule has 6 heteroatoms. The summed E-state index contributed by atoms with van der Waals surface area (Å²) < 4.78 is 5.34. The van der Waals surface area contributed by atoms with Crippen molar-refractivity contribution < 1.29 is 14.3 Å². The van der Waals surface area contributed by atoms with Crippen LogP contribution < -0.4 is 21.5 Å². The van der Waals surface area contributed by atoms with Crippen LogP contribution in [-0.4, -0.2) is 24.0 Å². The molecule has 0 aliphatic rings. The second-order valence-corrected chi connectivity index (χ2v) is 5.21. The first-order valence-corrected chi connectivity index (χ1v) is 6.96. The molecule has 0 aliphatic heterocycles. The van der Waals surface area contributed by atoms with Gasteiger partial charge in [-0.15, -0.1) is 0 Å². The van der Waals surface area contributed by atoms with Crippen LogP contribution in [0.25, 0.3) is 0 Å². The number of nitrogens with two attached hydrogens (primary N) is 2. The van der Waals surface area contributed by atoms with Crippen molar-refractivity contribution in [2.45, 2.75) is 38.6 Å². The second kappa shape index (κ2) is 7.64. The molecule has 0 saturated carbocycles. The van der Waals surface area contributed by atoms with E-state index in [2.05, 4.69) is 5.32 Å². The van der Waals surface area contributed by atoms with Crippen LogP contribution in [0.15, 0.2) is 24.3 Å². The Bertz CT molecular complexity index is 483. The molecule has 0 aliphatic carbocycles. The molecule has 0 fully saturated rings. The zero-order chi connectivity index (χ0) is 15.9. The molecule has 1 atom stereocenters. The first-order chi connectivity index (χ1) is 9.85. The van der Waals surface area contributed by atoms with Gasteiger partial charge >= 0.3 is 0 Å². The number of anilines is 1. The zero-order valence-electron chi connectivity index (χ0n) is 12.5. The van der Waals surface area contributed by atoms with E-state index < -0.39 is 11.4 Å². The van der Waals surface area contributed by atoms with Crippen LogP contribution in [0.4, 0.5) is 5.69 Å². The van der Waals surface area contributed by atoms with Gasteiger partial charge in [-0.05, 0) is 37.6 Å². The Balaban J connectivity index is 2.54. The lowest BCUT2D eigenvalue weighted by Crippen LogP contribution is -2.48. The average Bonchev–Trinajstić information content (AvgIpc) is 2.40. The van der Waals surface area contributed by atoms with Gasteiger partial charge in [-0.3, -0.25) is 9.59 Å². The van der Waals surface area contributed by atoms with Crippen LogP contribution in [0, 0.1) is 0 Å². The van der Waals surface area contributed by atoms with E-state index in [0.717, 1.165) is 6.42 Å². The van der Waals surface area contributed by atoms with E-state index in [4.69, 9.17) is 16.2 Å². The molecule has 0 spiro atoms. The van der Waals surface area contributed by atoms with Gasteiger partial charge < -0.3 is 21.5 Å². The van der Waals surface area contributed by atoms with Crippen molar-refractivity contribution in [1.29, 1.82) is 0 Å². The molecule has 6 nitrogen and oxygen atoms in total. The van der Waals surface area contributed by atoms with Gasteiger partial charge in [-0.1, -0.05) is 13.3 Å². The topological polar surface area (TPSA) is 107 Å². The Morgan fingerprint density at radius 1 is 1.29 bits per heavy atom. The van der Waals surface area contributed by atoms with Gasteiger partial charge in [0, 0.05) is 5.69 Å². The van der Waals surface area contributed by atoms with Crippen LogP contribution in [0.2, 0.25) is 0 Å². The molecular weight excluding hydrogens is 270 g/mol. The van der Waals surface area contributed by atoms with Crippen molar-refractivity contribution in [3.63, 3.8) is 0 Å². The highest BCUT2D eigenvalue weighted by Gasteiger charge is 2.27. The Kier molecular flexibility index (Phi) is 6.17. The normalized spacial score (nSPS) is 13.3. The van der Waals surface area contributed by atoms with Crippen LogP contribution in [0.1, 0.15) is 33.1 Å². The van der Waals surface area contributed by atoms with Crippen molar-refractivity contribution in [2.24, 2.45) is 11.5 Å². The van der Waals surface area contributed by atoms with Gasteiger partial charge in [0.05, 0.1) is 18.6 Å². The number of hydrogen-bond acceptors (Lipinski definition) is 4. The second-order valence-electron chi connectivity index (χ2n) is 5.21. The average molecular weight is 293 g/mol. The Morgan fingerprint density at radius 2 is 1.90 bits per heavy atom. The summed E-state index contributed by atoms with van der Waals surface area (Å²) in [4.78, 5) is 22.6. The molecule has 0 saturated heterocycles. The molecule has 1 aromatic carbocycles. The minimum absolute atomic E-state index is 0.168. The Labute approximate surface area is 124 Å². The summed E-state index contributed by atoms with van der Waals surface area (Å²) in [5.41, 5.74) is 10.7. The fourth-order valence-corrected chi connectivity index (χ4v) is 1.81. The molecule has 5 N–H and O–H groups in total. The summed E-state index contributed by atoms with van der Waals surface area (Å²) in [6.07, 6.45) is 1.63. The number of carbonyl (C=O) groups is 2. The summed E-state index contributed by atoms with van der Waals surface area (Å²) in [5.74, 6) is -0.0119. The van der Waals surface area contributed by atoms with E-state index in [1.54, 1.807) is 31.2 Å². The summed E-state index contributed by atoms with van der Waals surface area (Å²) in [5, 5.41) is 2.77. The van der Waals surface area contributed by atoms with Crippen molar-refractivity contribution in [2.75, 3.05) is 11.9 Å². The van der Waals surface area contributed by atoms with Crippen LogP contribution in [-0.2, 0) is 9.59 Å². The lowest BCUT2D eigenvalue weighted by molar-refractivity contribution is -0.121. The minimum atomic E-state index is -0.884. The highest BCUT2D eigenvalue weighted by molar-refractivity contribution is 5.97. The molecule has 0 aromatic heterocycles. The van der Waals surface area contributed by atoms with Gasteiger partial charge in [-0.25, -0.2) is 0 Å². The molecule has 0 heterocycles. The number of benzene rings is 1. The van der Waals surface area contributed by atoms with Crippen LogP contribution in [0.3, 0.4) is 0 Å². The zero-order valence-corrected chi connectivity index (χ0v) is 12.5. The number of hydrogen-bond donors (Lipinski definition) is 3. The summed E-state index contributed by atoms with van der Waals surface area (Å²) >= 11 is 0. The van der Waals surface area contributed by atoms with Gasteiger partial charge in [0.1, 0.15) is 5.75 Å². The quantitative estimate of drug-likeness (QED) is 0.673. The number of rotatable bonds is 8. The van der Waals surface area contributed by atoms with Crippen molar-refractivity contribution in [3.8, 4) is 5.75 Å². The highest BCUT2D eigenvalue weighted by atomic mass is 16.5. The number of carbonyl (C=O) groups excluding carboxylic acids is 2. The van der Waals surface area contributed by atoms with Gasteiger partial charge in [0.15, 0.2) is 0 Å². The third-order valence-corrected chi connectivity index (χ3v) is 3.02. The van der Waals surface area contributed by atoms with E-state index in [9.17, 15) is 9.59 Å². The third-order valence-electron chi connectivity index (χ3n) is 3.02. The van der Waals surface area contributed by atoms with Crippen LogP contribution in [0.5, 0.6) is 5.75 Å². The summed E-state index contributed by atoms with van der Waals surface area (Å²) in [6.45, 7) is 3.93. The van der Waals surface area contributed by atoms with Crippen LogP contribution >= 0.6 is 0 Å². The number of amides is 2. The molecule has 0 bridgehead atoms. The maximum absolute atomic E-state index is 12.0. The maximum Gasteiger partial charge on any atom is 0.244 e. The standard InChI is InChI=1S/C15H23N3O3/c1-3-9-15(2,17)14(20)18-11-4-6-12(7-5-11)21-10-8-13(16)19/h4-7H,3,8-10,17H2,1-2H3,(H2,16,19)(H,18,20). The van der Waals surface area contributed by atoms with E-state index in [0.29, 0.717) is 17.9 Å². The summed E-state index contributed by atoms with van der Waals surface area (Å²) in [7, 11) is 0.